The second-order valence-electron chi connectivity index (χ2n) is 7.42. The summed E-state index contributed by atoms with van der Waals surface area (Å²) in [5.41, 5.74) is 1.56. The van der Waals surface area contributed by atoms with Crippen LogP contribution in [0.15, 0.2) is 64.0 Å². The van der Waals surface area contributed by atoms with Crippen LogP contribution >= 0.6 is 50.9 Å². The molecule has 0 spiro atoms. The summed E-state index contributed by atoms with van der Waals surface area (Å²) in [4.78, 5) is 26.5. The monoisotopic (exact) mass is 595 g/mol. The van der Waals surface area contributed by atoms with Crippen molar-refractivity contribution in [1.29, 1.82) is 0 Å². The van der Waals surface area contributed by atoms with Crippen LogP contribution in [-0.2, 0) is 17.9 Å². The summed E-state index contributed by atoms with van der Waals surface area (Å²) >= 11 is 16.7. The van der Waals surface area contributed by atoms with Crippen LogP contribution in [0.2, 0.25) is 10.0 Å². The molecule has 1 saturated heterocycles. The van der Waals surface area contributed by atoms with Crippen LogP contribution in [0.25, 0.3) is 6.08 Å². The van der Waals surface area contributed by atoms with E-state index in [1.165, 1.54) is 31.4 Å². The fraction of sp³-hybridized carbons (Fsp3) is 0.120. The number of rotatable bonds is 7. The number of benzene rings is 3. The van der Waals surface area contributed by atoms with Gasteiger partial charge < -0.3 is 9.47 Å². The Labute approximate surface area is 223 Å². The maximum absolute atomic E-state index is 14.2. The Morgan fingerprint density at radius 1 is 1.09 bits per heavy atom. The SMILES string of the molecule is COc1cc(/C=C2\SC(=O)N(Cc3c(F)cccc3Cl)C2=O)cc(Cl)c1OCc1ccc(Br)cc1. The van der Waals surface area contributed by atoms with Crippen LogP contribution in [-0.4, -0.2) is 23.2 Å². The number of thioether (sulfide) groups is 1. The lowest BCUT2D eigenvalue weighted by molar-refractivity contribution is -0.123. The van der Waals surface area contributed by atoms with Crippen molar-refractivity contribution in [3.63, 3.8) is 0 Å². The van der Waals surface area contributed by atoms with Gasteiger partial charge in [0.25, 0.3) is 11.1 Å². The minimum atomic E-state index is -0.587. The molecule has 3 aromatic rings. The molecule has 1 fully saturated rings. The first-order chi connectivity index (χ1) is 16.8. The average Bonchev–Trinajstić information content (AvgIpc) is 3.08. The summed E-state index contributed by atoms with van der Waals surface area (Å²) < 4.78 is 26.4. The molecule has 1 aliphatic rings. The van der Waals surface area contributed by atoms with E-state index in [1.807, 2.05) is 24.3 Å². The Hall–Kier alpha value is -2.52. The summed E-state index contributed by atoms with van der Waals surface area (Å²) in [5.74, 6) is -0.407. The lowest BCUT2D eigenvalue weighted by atomic mass is 10.1. The Bertz CT molecular complexity index is 1310. The molecular weight excluding hydrogens is 580 g/mol. The van der Waals surface area contributed by atoms with Gasteiger partial charge in [-0.15, -0.1) is 0 Å². The van der Waals surface area contributed by atoms with E-state index in [0.29, 0.717) is 17.1 Å². The van der Waals surface area contributed by atoms with Gasteiger partial charge in [0.2, 0.25) is 0 Å². The van der Waals surface area contributed by atoms with E-state index in [1.54, 1.807) is 12.1 Å². The third kappa shape index (κ3) is 5.83. The number of hydrogen-bond acceptors (Lipinski definition) is 5. The fourth-order valence-corrected chi connectivity index (χ4v) is 4.93. The maximum atomic E-state index is 14.2. The number of nitrogens with zero attached hydrogens (tertiary/aromatic N) is 1. The molecule has 0 saturated carbocycles. The van der Waals surface area contributed by atoms with E-state index in [4.69, 9.17) is 32.7 Å². The highest BCUT2D eigenvalue weighted by molar-refractivity contribution is 9.10. The van der Waals surface area contributed by atoms with Crippen LogP contribution in [0.5, 0.6) is 11.5 Å². The van der Waals surface area contributed by atoms with Gasteiger partial charge in [0, 0.05) is 15.1 Å². The third-order valence-electron chi connectivity index (χ3n) is 5.10. The quantitative estimate of drug-likeness (QED) is 0.261. The predicted octanol–water partition coefficient (Wildman–Crippen LogP) is 7.72. The molecular formula is C25H17BrCl2FNO4S. The molecule has 1 heterocycles. The Morgan fingerprint density at radius 3 is 2.51 bits per heavy atom. The largest absolute Gasteiger partial charge is 0.493 e. The van der Waals surface area contributed by atoms with Crippen LogP contribution in [0.1, 0.15) is 16.7 Å². The smallest absolute Gasteiger partial charge is 0.293 e. The number of carbonyl (C=O) groups excluding carboxylic acids is 2. The summed E-state index contributed by atoms with van der Waals surface area (Å²) in [6.07, 6.45) is 1.53. The zero-order valence-electron chi connectivity index (χ0n) is 18.2. The summed E-state index contributed by atoms with van der Waals surface area (Å²) in [6, 6.07) is 15.1. The summed E-state index contributed by atoms with van der Waals surface area (Å²) in [5, 5.41) is -0.0959. The molecule has 10 heteroatoms. The second-order valence-corrected chi connectivity index (χ2v) is 10.1. The minimum absolute atomic E-state index is 0.0784. The molecule has 180 valence electrons. The third-order valence-corrected chi connectivity index (χ3v) is 7.17. The number of methoxy groups -OCH3 is 1. The van der Waals surface area contributed by atoms with Gasteiger partial charge in [-0.3, -0.25) is 14.5 Å². The highest BCUT2D eigenvalue weighted by atomic mass is 79.9. The standard InChI is InChI=1S/C25H17BrCl2FNO4S/c1-33-21-10-15(9-19(28)23(21)34-13-14-5-7-16(26)8-6-14)11-22-24(31)30(25(32)35-22)12-17-18(27)3-2-4-20(17)29/h2-11H,12-13H2,1H3/b22-11-. The first-order valence-corrected chi connectivity index (χ1v) is 12.6. The number of ether oxygens (including phenoxy) is 2. The van der Waals surface area contributed by atoms with E-state index in [2.05, 4.69) is 15.9 Å². The highest BCUT2D eigenvalue weighted by Crippen LogP contribution is 2.40. The van der Waals surface area contributed by atoms with Gasteiger partial charge in [0.15, 0.2) is 11.5 Å². The van der Waals surface area contributed by atoms with Crippen LogP contribution in [0, 0.1) is 5.82 Å². The molecule has 2 amide bonds. The molecule has 0 atom stereocenters. The minimum Gasteiger partial charge on any atom is -0.493 e. The van der Waals surface area contributed by atoms with Crippen molar-refractivity contribution in [3.05, 3.63) is 96.5 Å². The Morgan fingerprint density at radius 2 is 1.83 bits per heavy atom. The van der Waals surface area contributed by atoms with E-state index in [-0.39, 0.29) is 33.7 Å². The molecule has 1 aliphatic heterocycles. The normalized spacial score (nSPS) is 14.7. The molecule has 0 bridgehead atoms. The van der Waals surface area contributed by atoms with Crippen LogP contribution in [0.4, 0.5) is 9.18 Å². The Balaban J connectivity index is 1.54. The first kappa shape index (κ1) is 25.6. The van der Waals surface area contributed by atoms with Crippen molar-refractivity contribution in [2.24, 2.45) is 0 Å². The van der Waals surface area contributed by atoms with Crippen LogP contribution in [0.3, 0.4) is 0 Å². The zero-order chi connectivity index (χ0) is 25.1. The van der Waals surface area contributed by atoms with Crippen molar-refractivity contribution >= 4 is 68.1 Å². The second kappa shape index (κ2) is 11.0. The lowest BCUT2D eigenvalue weighted by Gasteiger charge is -2.14. The number of imide groups is 1. The fourth-order valence-electron chi connectivity index (χ4n) is 3.33. The van der Waals surface area contributed by atoms with Gasteiger partial charge in [-0.1, -0.05) is 57.3 Å². The van der Waals surface area contributed by atoms with Gasteiger partial charge in [-0.2, -0.15) is 0 Å². The molecule has 0 unspecified atom stereocenters. The van der Waals surface area contributed by atoms with Crippen molar-refractivity contribution in [3.8, 4) is 11.5 Å². The lowest BCUT2D eigenvalue weighted by Crippen LogP contribution is -2.28. The maximum Gasteiger partial charge on any atom is 0.293 e. The molecule has 0 radical (unpaired) electrons. The number of amides is 2. The van der Waals surface area contributed by atoms with Crippen molar-refractivity contribution in [1.82, 2.24) is 4.90 Å². The van der Waals surface area contributed by atoms with Gasteiger partial charge in [0.1, 0.15) is 12.4 Å². The summed E-state index contributed by atoms with van der Waals surface area (Å²) in [7, 11) is 1.48. The van der Waals surface area contributed by atoms with Gasteiger partial charge in [0.05, 0.1) is 23.6 Å². The van der Waals surface area contributed by atoms with Gasteiger partial charge in [-0.25, -0.2) is 4.39 Å². The van der Waals surface area contributed by atoms with E-state index < -0.39 is 17.0 Å². The Kier molecular flexibility index (Phi) is 8.06. The highest BCUT2D eigenvalue weighted by Gasteiger charge is 2.36. The molecule has 0 N–H and O–H groups in total. The van der Waals surface area contributed by atoms with Crippen molar-refractivity contribution < 1.29 is 23.5 Å². The molecule has 4 rings (SSSR count). The zero-order valence-corrected chi connectivity index (χ0v) is 22.1. The molecule has 5 nitrogen and oxygen atoms in total. The molecule has 35 heavy (non-hydrogen) atoms. The van der Waals surface area contributed by atoms with E-state index in [9.17, 15) is 14.0 Å². The number of carbonyl (C=O) groups is 2. The van der Waals surface area contributed by atoms with Crippen molar-refractivity contribution in [2.75, 3.05) is 7.11 Å². The number of halogens is 4. The summed E-state index contributed by atoms with van der Waals surface area (Å²) in [6.45, 7) is 0.0145. The number of hydrogen-bond donors (Lipinski definition) is 0. The van der Waals surface area contributed by atoms with E-state index in [0.717, 1.165) is 26.7 Å². The van der Waals surface area contributed by atoms with Gasteiger partial charge in [-0.05, 0) is 65.4 Å². The van der Waals surface area contributed by atoms with Crippen LogP contribution < -0.4 is 9.47 Å². The topological polar surface area (TPSA) is 55.8 Å². The molecule has 0 aromatic heterocycles. The van der Waals surface area contributed by atoms with Gasteiger partial charge >= 0.3 is 0 Å². The first-order valence-electron chi connectivity index (χ1n) is 10.2. The van der Waals surface area contributed by atoms with E-state index >= 15 is 0 Å². The van der Waals surface area contributed by atoms with Crippen molar-refractivity contribution in [2.45, 2.75) is 13.2 Å². The molecule has 3 aromatic carbocycles. The average molecular weight is 597 g/mol. The predicted molar refractivity (Wildman–Crippen MR) is 139 cm³/mol. The molecule has 0 aliphatic carbocycles.